The fourth-order valence-electron chi connectivity index (χ4n) is 2.32. The van der Waals surface area contributed by atoms with E-state index in [1.807, 2.05) is 18.2 Å². The molecule has 112 valence electrons. The Labute approximate surface area is 127 Å². The van der Waals surface area contributed by atoms with Gasteiger partial charge in [-0.3, -0.25) is 4.79 Å². The Kier molecular flexibility index (Phi) is 3.65. The van der Waals surface area contributed by atoms with Crippen molar-refractivity contribution in [2.45, 2.75) is 6.42 Å². The molecule has 0 fully saturated rings. The zero-order chi connectivity index (χ0) is 15.5. The van der Waals surface area contributed by atoms with Crippen molar-refractivity contribution in [3.05, 3.63) is 48.0 Å². The molecule has 3 N–H and O–H groups in total. The number of methoxy groups -OCH3 is 1. The van der Waals surface area contributed by atoms with E-state index >= 15 is 0 Å². The third-order valence-electron chi connectivity index (χ3n) is 3.35. The molecule has 0 saturated carbocycles. The molecule has 2 aromatic rings. The van der Waals surface area contributed by atoms with Crippen LogP contribution in [0.15, 0.2) is 42.5 Å². The normalized spacial score (nSPS) is 12.3. The average molecular weight is 297 g/mol. The number of ether oxygens (including phenoxy) is 1. The zero-order valence-electron chi connectivity index (χ0n) is 12.0. The van der Waals surface area contributed by atoms with Crippen LogP contribution in [-0.4, -0.2) is 19.0 Å². The number of rotatable bonds is 3. The first-order chi connectivity index (χ1) is 10.7. The monoisotopic (exact) mass is 297 g/mol. The number of carbonyl (C=O) groups excluding carboxylic acids is 2. The van der Waals surface area contributed by atoms with Gasteiger partial charge in [0.25, 0.3) is 0 Å². The summed E-state index contributed by atoms with van der Waals surface area (Å²) in [6.07, 6.45) is 0.378. The minimum Gasteiger partial charge on any atom is -0.495 e. The Morgan fingerprint density at radius 3 is 2.82 bits per heavy atom. The van der Waals surface area contributed by atoms with Crippen LogP contribution in [0.5, 0.6) is 5.75 Å². The number of fused-ring (bicyclic) bond motifs is 1. The van der Waals surface area contributed by atoms with Crippen molar-refractivity contribution < 1.29 is 14.3 Å². The Morgan fingerprint density at radius 2 is 2.00 bits per heavy atom. The molecule has 0 atom stereocenters. The molecule has 22 heavy (non-hydrogen) atoms. The quantitative estimate of drug-likeness (QED) is 0.815. The van der Waals surface area contributed by atoms with Crippen molar-refractivity contribution in [2.75, 3.05) is 23.1 Å². The van der Waals surface area contributed by atoms with E-state index in [0.29, 0.717) is 23.5 Å². The highest BCUT2D eigenvalue weighted by molar-refractivity contribution is 6.03. The first kappa shape index (κ1) is 13.9. The average Bonchev–Trinajstić information content (AvgIpc) is 2.87. The van der Waals surface area contributed by atoms with Gasteiger partial charge in [0.05, 0.1) is 19.2 Å². The molecule has 0 bridgehead atoms. The molecule has 0 saturated heterocycles. The molecule has 1 aliphatic heterocycles. The molecule has 3 rings (SSSR count). The van der Waals surface area contributed by atoms with Crippen molar-refractivity contribution in [1.29, 1.82) is 0 Å². The Morgan fingerprint density at radius 1 is 1.18 bits per heavy atom. The molecule has 1 heterocycles. The molecule has 3 amide bonds. The predicted octanol–water partition coefficient (Wildman–Crippen LogP) is 2.83. The van der Waals surface area contributed by atoms with Gasteiger partial charge < -0.3 is 20.7 Å². The fourth-order valence-corrected chi connectivity index (χ4v) is 2.32. The van der Waals surface area contributed by atoms with Crippen molar-refractivity contribution in [2.24, 2.45) is 0 Å². The molecule has 0 spiro atoms. The maximum Gasteiger partial charge on any atom is 0.323 e. The van der Waals surface area contributed by atoms with Crippen LogP contribution in [0.4, 0.5) is 21.9 Å². The smallest absolute Gasteiger partial charge is 0.323 e. The van der Waals surface area contributed by atoms with Gasteiger partial charge in [-0.2, -0.15) is 0 Å². The third kappa shape index (κ3) is 2.85. The summed E-state index contributed by atoms with van der Waals surface area (Å²) in [6, 6.07) is 12.1. The summed E-state index contributed by atoms with van der Waals surface area (Å²) >= 11 is 0. The van der Waals surface area contributed by atoms with Gasteiger partial charge in [-0.15, -0.1) is 0 Å². The number of nitrogens with one attached hydrogen (secondary N) is 3. The van der Waals surface area contributed by atoms with Gasteiger partial charge in [-0.25, -0.2) is 4.79 Å². The van der Waals surface area contributed by atoms with Crippen LogP contribution >= 0.6 is 0 Å². The summed E-state index contributed by atoms with van der Waals surface area (Å²) in [5, 5.41) is 8.20. The van der Waals surface area contributed by atoms with Gasteiger partial charge >= 0.3 is 6.03 Å². The number of amides is 3. The van der Waals surface area contributed by atoms with Crippen LogP contribution in [0.25, 0.3) is 0 Å². The van der Waals surface area contributed by atoms with E-state index in [9.17, 15) is 9.59 Å². The molecular formula is C16H15N3O3. The molecule has 0 unspecified atom stereocenters. The first-order valence-corrected chi connectivity index (χ1v) is 6.79. The van der Waals surface area contributed by atoms with Crippen LogP contribution in [0.1, 0.15) is 5.56 Å². The molecule has 0 aliphatic carbocycles. The summed E-state index contributed by atoms with van der Waals surface area (Å²) in [4.78, 5) is 23.4. The predicted molar refractivity (Wildman–Crippen MR) is 84.4 cm³/mol. The van der Waals surface area contributed by atoms with Crippen LogP contribution in [-0.2, 0) is 11.2 Å². The number of hydrogen-bond acceptors (Lipinski definition) is 3. The standard InChI is InChI=1S/C16H15N3O3/c1-22-14-5-3-2-4-12(14)19-16(21)17-11-7-6-10-8-15(20)18-13(10)9-11/h2-7,9H,8H2,1H3,(H,18,20)(H2,17,19,21). The van der Waals surface area contributed by atoms with Crippen LogP contribution in [0, 0.1) is 0 Å². The lowest BCUT2D eigenvalue weighted by Gasteiger charge is -2.11. The second-order valence-electron chi connectivity index (χ2n) is 4.88. The summed E-state index contributed by atoms with van der Waals surface area (Å²) in [6.45, 7) is 0. The SMILES string of the molecule is COc1ccccc1NC(=O)Nc1ccc2c(c1)NC(=O)C2. The van der Waals surface area contributed by atoms with Crippen LogP contribution < -0.4 is 20.7 Å². The largest absolute Gasteiger partial charge is 0.495 e. The number of anilines is 3. The second-order valence-corrected chi connectivity index (χ2v) is 4.88. The lowest BCUT2D eigenvalue weighted by molar-refractivity contribution is -0.115. The van der Waals surface area contributed by atoms with Crippen molar-refractivity contribution in [3.8, 4) is 5.75 Å². The molecule has 6 heteroatoms. The minimum absolute atomic E-state index is 0.0365. The van der Waals surface area contributed by atoms with Crippen molar-refractivity contribution in [1.82, 2.24) is 0 Å². The highest BCUT2D eigenvalue weighted by Crippen LogP contribution is 2.27. The Balaban J connectivity index is 1.70. The number of carbonyl (C=O) groups is 2. The molecule has 1 aliphatic rings. The van der Waals surface area contributed by atoms with Gasteiger partial charge in [-0.1, -0.05) is 18.2 Å². The summed E-state index contributed by atoms with van der Waals surface area (Å²) in [5.74, 6) is 0.546. The third-order valence-corrected chi connectivity index (χ3v) is 3.35. The lowest BCUT2D eigenvalue weighted by Crippen LogP contribution is -2.19. The van der Waals surface area contributed by atoms with Crippen molar-refractivity contribution >= 4 is 29.0 Å². The molecule has 2 aromatic carbocycles. The molecule has 0 aromatic heterocycles. The summed E-state index contributed by atoms with van der Waals surface area (Å²) < 4.78 is 5.18. The van der Waals surface area contributed by atoms with E-state index in [1.54, 1.807) is 31.4 Å². The second kappa shape index (κ2) is 5.77. The van der Waals surface area contributed by atoms with Crippen molar-refractivity contribution in [3.63, 3.8) is 0 Å². The number of hydrogen-bond donors (Lipinski definition) is 3. The van der Waals surface area contributed by atoms with E-state index in [0.717, 1.165) is 11.3 Å². The van der Waals surface area contributed by atoms with E-state index in [4.69, 9.17) is 4.74 Å². The van der Waals surface area contributed by atoms with Gasteiger partial charge in [0.15, 0.2) is 0 Å². The van der Waals surface area contributed by atoms with E-state index in [2.05, 4.69) is 16.0 Å². The number of benzene rings is 2. The lowest BCUT2D eigenvalue weighted by atomic mass is 10.1. The molecule has 6 nitrogen and oxygen atoms in total. The fraction of sp³-hybridized carbons (Fsp3) is 0.125. The van der Waals surface area contributed by atoms with E-state index in [-0.39, 0.29) is 11.9 Å². The minimum atomic E-state index is -0.381. The maximum absolute atomic E-state index is 12.0. The highest BCUT2D eigenvalue weighted by atomic mass is 16.5. The summed E-state index contributed by atoms with van der Waals surface area (Å²) in [5.41, 5.74) is 2.85. The number of para-hydroxylation sites is 2. The zero-order valence-corrected chi connectivity index (χ0v) is 12.0. The van der Waals surface area contributed by atoms with E-state index in [1.165, 1.54) is 0 Å². The molecular weight excluding hydrogens is 282 g/mol. The molecule has 0 radical (unpaired) electrons. The number of urea groups is 1. The van der Waals surface area contributed by atoms with Gasteiger partial charge in [0.1, 0.15) is 5.75 Å². The van der Waals surface area contributed by atoms with Crippen LogP contribution in [0.3, 0.4) is 0 Å². The van der Waals surface area contributed by atoms with Gasteiger partial charge in [-0.05, 0) is 29.8 Å². The Hall–Kier alpha value is -3.02. The summed E-state index contributed by atoms with van der Waals surface area (Å²) in [7, 11) is 1.54. The topological polar surface area (TPSA) is 79.5 Å². The van der Waals surface area contributed by atoms with Gasteiger partial charge in [0.2, 0.25) is 5.91 Å². The van der Waals surface area contributed by atoms with E-state index < -0.39 is 0 Å². The van der Waals surface area contributed by atoms with Crippen LogP contribution in [0.2, 0.25) is 0 Å². The van der Waals surface area contributed by atoms with Gasteiger partial charge in [0, 0.05) is 11.4 Å². The Bertz CT molecular complexity index is 743. The maximum atomic E-state index is 12.0. The first-order valence-electron chi connectivity index (χ1n) is 6.79. The highest BCUT2D eigenvalue weighted by Gasteiger charge is 2.17.